The van der Waals surface area contributed by atoms with Gasteiger partial charge >= 0.3 is 11.9 Å². The van der Waals surface area contributed by atoms with Crippen molar-refractivity contribution in [3.8, 4) is 0 Å². The van der Waals surface area contributed by atoms with E-state index in [1.165, 1.54) is 90.4 Å². The number of fused-ring (bicyclic) bond motifs is 5. The summed E-state index contributed by atoms with van der Waals surface area (Å²) < 4.78 is 14.6. The van der Waals surface area contributed by atoms with Crippen molar-refractivity contribution in [1.29, 1.82) is 0 Å². The number of carbonyl (C=O) groups is 2. The van der Waals surface area contributed by atoms with Crippen LogP contribution >= 0.6 is 0 Å². The van der Waals surface area contributed by atoms with Gasteiger partial charge in [-0.2, -0.15) is 0 Å². The third-order valence-electron chi connectivity index (χ3n) is 14.1. The number of nitrogens with zero attached hydrogens (tertiary/aromatic N) is 2. The predicted octanol–water partition coefficient (Wildman–Crippen LogP) is 5.72. The van der Waals surface area contributed by atoms with Crippen LogP contribution in [-0.2, 0) is 19.1 Å². The molecule has 6 rings (SSSR count). The van der Waals surface area contributed by atoms with Gasteiger partial charge in [0, 0.05) is 38.5 Å². The Morgan fingerprint density at radius 3 is 1.95 bits per heavy atom. The van der Waals surface area contributed by atoms with Gasteiger partial charge in [-0.05, 0) is 86.9 Å². The molecule has 2 saturated heterocycles. The first-order valence-corrected chi connectivity index (χ1v) is 16.9. The summed E-state index contributed by atoms with van der Waals surface area (Å²) in [5, 5.41) is 0. The van der Waals surface area contributed by atoms with Crippen molar-refractivity contribution in [1.82, 2.24) is 0 Å². The molecule has 0 radical (unpaired) electrons. The van der Waals surface area contributed by atoms with Crippen LogP contribution in [0.1, 0.15) is 105 Å². The third kappa shape index (κ3) is 4.57. The summed E-state index contributed by atoms with van der Waals surface area (Å²) in [5.74, 6) is 2.52. The van der Waals surface area contributed by atoms with Crippen molar-refractivity contribution in [2.75, 3.05) is 40.3 Å². The minimum atomic E-state index is -0.101. The Bertz CT molecular complexity index is 986. The minimum absolute atomic E-state index is 0.0603. The molecule has 2 heterocycles. The van der Waals surface area contributed by atoms with E-state index >= 15 is 0 Å². The van der Waals surface area contributed by atoms with Crippen LogP contribution in [-0.4, -0.2) is 85.5 Å². The zero-order valence-corrected chi connectivity index (χ0v) is 26.5. The van der Waals surface area contributed by atoms with Crippen molar-refractivity contribution >= 4 is 11.9 Å². The molecule has 0 aromatic heterocycles. The molecule has 6 nitrogen and oxygen atoms in total. The van der Waals surface area contributed by atoms with E-state index in [0.717, 1.165) is 33.6 Å². The Labute approximate surface area is 243 Å². The molecule has 0 N–H and O–H groups in total. The monoisotopic (exact) mass is 558 g/mol. The van der Waals surface area contributed by atoms with E-state index < -0.39 is 0 Å². The summed E-state index contributed by atoms with van der Waals surface area (Å²) in [6, 6.07) is 0.845. The van der Waals surface area contributed by atoms with Gasteiger partial charge in [-0.1, -0.05) is 13.8 Å². The molecule has 6 fully saturated rings. The molecule has 0 bridgehead atoms. The maximum atomic E-state index is 12.4. The van der Waals surface area contributed by atoms with E-state index in [1.807, 2.05) is 0 Å². The van der Waals surface area contributed by atoms with Crippen LogP contribution < -0.4 is 0 Å². The predicted molar refractivity (Wildman–Crippen MR) is 156 cm³/mol. The highest BCUT2D eigenvalue weighted by molar-refractivity contribution is 5.66. The summed E-state index contributed by atoms with van der Waals surface area (Å²) in [5.41, 5.74) is 0.536. The van der Waals surface area contributed by atoms with Gasteiger partial charge < -0.3 is 18.4 Å². The molecular weight excluding hydrogens is 500 g/mol. The maximum Gasteiger partial charge on any atom is 0.303 e. The fraction of sp³-hybridized carbons (Fsp3) is 0.941. The van der Waals surface area contributed by atoms with Crippen molar-refractivity contribution in [2.45, 2.75) is 129 Å². The second-order valence-corrected chi connectivity index (χ2v) is 16.3. The first kappa shape index (κ1) is 29.0. The van der Waals surface area contributed by atoms with Gasteiger partial charge in [0.25, 0.3) is 0 Å². The van der Waals surface area contributed by atoms with Crippen LogP contribution in [0.3, 0.4) is 0 Å². The van der Waals surface area contributed by atoms with Gasteiger partial charge in [-0.25, -0.2) is 0 Å². The van der Waals surface area contributed by atoms with Crippen molar-refractivity contribution in [3.05, 3.63) is 0 Å². The molecule has 2 aliphatic heterocycles. The first-order valence-electron chi connectivity index (χ1n) is 16.9. The van der Waals surface area contributed by atoms with Gasteiger partial charge in [0.1, 0.15) is 12.1 Å². The first-order chi connectivity index (χ1) is 18.9. The molecule has 10 atom stereocenters. The van der Waals surface area contributed by atoms with Crippen LogP contribution in [0.25, 0.3) is 0 Å². The maximum absolute atomic E-state index is 12.4. The SMILES string of the molecule is CC(=O)O[C@H]1C[C@@H]2CC[C@@H]3[C@H](CC[C@@]4(C)[C@H]3C[C@H](OC(C)=O)[C@@H]4[N+]3(C)CCCC3)[C@@]2(C)C[C@@H]1[N+]1(C)CCCCC1. The van der Waals surface area contributed by atoms with Crippen LogP contribution in [0.2, 0.25) is 0 Å². The van der Waals surface area contributed by atoms with Gasteiger partial charge in [0.15, 0.2) is 12.2 Å². The van der Waals surface area contributed by atoms with Gasteiger partial charge in [-0.15, -0.1) is 0 Å². The van der Waals surface area contributed by atoms with E-state index in [0.29, 0.717) is 29.3 Å². The van der Waals surface area contributed by atoms with Crippen LogP contribution in [0.15, 0.2) is 0 Å². The summed E-state index contributed by atoms with van der Waals surface area (Å²) in [4.78, 5) is 24.6. The Morgan fingerprint density at radius 1 is 0.700 bits per heavy atom. The normalized spacial score (nSPS) is 47.5. The molecule has 4 aliphatic carbocycles. The molecule has 6 heteroatoms. The Morgan fingerprint density at radius 2 is 1.30 bits per heavy atom. The summed E-state index contributed by atoms with van der Waals surface area (Å²) in [6.45, 7) is 13.4. The summed E-state index contributed by atoms with van der Waals surface area (Å²) in [6.07, 6.45) is 15.1. The van der Waals surface area contributed by atoms with E-state index in [4.69, 9.17) is 9.47 Å². The number of esters is 2. The van der Waals surface area contributed by atoms with Crippen LogP contribution in [0.4, 0.5) is 0 Å². The largest absolute Gasteiger partial charge is 0.456 e. The highest BCUT2D eigenvalue weighted by Crippen LogP contribution is 2.68. The number of carbonyl (C=O) groups excluding carboxylic acids is 2. The zero-order valence-electron chi connectivity index (χ0n) is 26.5. The van der Waals surface area contributed by atoms with Crippen molar-refractivity contribution < 1.29 is 28.0 Å². The van der Waals surface area contributed by atoms with Crippen molar-refractivity contribution in [2.24, 2.45) is 34.5 Å². The lowest BCUT2D eigenvalue weighted by Crippen LogP contribution is -2.67. The lowest BCUT2D eigenvalue weighted by atomic mass is 9.44. The van der Waals surface area contributed by atoms with E-state index in [9.17, 15) is 9.59 Å². The molecule has 4 saturated carbocycles. The Balaban J connectivity index is 1.31. The second-order valence-electron chi connectivity index (χ2n) is 16.3. The highest BCUT2D eigenvalue weighted by atomic mass is 16.5. The Hall–Kier alpha value is -1.14. The van der Waals surface area contributed by atoms with Crippen molar-refractivity contribution in [3.63, 3.8) is 0 Å². The molecule has 0 unspecified atom stereocenters. The quantitative estimate of drug-likeness (QED) is 0.327. The molecular formula is C34H58N2O4+2. The molecule has 226 valence electrons. The summed E-state index contributed by atoms with van der Waals surface area (Å²) in [7, 11) is 4.93. The molecule has 0 aromatic rings. The Kier molecular flexibility index (Phi) is 7.42. The number of likely N-dealkylation sites (tertiary alicyclic amines) is 2. The number of piperidine rings is 1. The number of hydrogen-bond acceptors (Lipinski definition) is 4. The van der Waals surface area contributed by atoms with Gasteiger partial charge in [-0.3, -0.25) is 9.59 Å². The number of hydrogen-bond donors (Lipinski definition) is 0. The highest BCUT2D eigenvalue weighted by Gasteiger charge is 2.68. The van der Waals surface area contributed by atoms with Crippen LogP contribution in [0, 0.1) is 34.5 Å². The topological polar surface area (TPSA) is 52.6 Å². The number of likely N-dealkylation sites (N-methyl/N-ethyl adjacent to an activating group) is 2. The number of quaternary nitrogens is 2. The standard InChI is InChI=1S/C34H58N2O4/c1-23(37)39-30-20-25-12-13-26-27(34(25,4)22-29(30)35(5)16-8-7-9-17-35)14-15-33(3)28(26)21-31(40-24(2)38)32(33)36(6)18-10-11-19-36/h25-32H,7-22H2,1-6H3/q+2/t25-,26+,27-,28-,29-,30-,31-,32-,33-,34-/m0/s1. The lowest BCUT2D eigenvalue weighted by Gasteiger charge is -2.63. The van der Waals surface area contributed by atoms with Gasteiger partial charge in [0.05, 0.1) is 40.3 Å². The smallest absolute Gasteiger partial charge is 0.303 e. The van der Waals surface area contributed by atoms with Crippen LogP contribution in [0.5, 0.6) is 0 Å². The minimum Gasteiger partial charge on any atom is -0.456 e. The molecule has 0 aromatic carbocycles. The average Bonchev–Trinajstić information content (AvgIpc) is 3.44. The number of rotatable bonds is 4. The van der Waals surface area contributed by atoms with E-state index in [2.05, 4.69) is 27.9 Å². The third-order valence-corrected chi connectivity index (χ3v) is 14.1. The fourth-order valence-electron chi connectivity index (χ4n) is 12.5. The molecule has 40 heavy (non-hydrogen) atoms. The molecule has 6 aliphatic rings. The molecule has 0 amide bonds. The zero-order chi connectivity index (χ0) is 28.5. The average molecular weight is 559 g/mol. The summed E-state index contributed by atoms with van der Waals surface area (Å²) >= 11 is 0. The second kappa shape index (κ2) is 10.2. The lowest BCUT2D eigenvalue weighted by molar-refractivity contribution is -0.943. The molecule has 0 spiro atoms. The van der Waals surface area contributed by atoms with E-state index in [-0.39, 0.29) is 29.6 Å². The van der Waals surface area contributed by atoms with E-state index in [1.54, 1.807) is 13.8 Å². The fourth-order valence-corrected chi connectivity index (χ4v) is 12.5. The van der Waals surface area contributed by atoms with Gasteiger partial charge in [0.2, 0.25) is 0 Å². The number of ether oxygens (including phenoxy) is 2.